The summed E-state index contributed by atoms with van der Waals surface area (Å²) in [4.78, 5) is 27.6. The van der Waals surface area contributed by atoms with Gasteiger partial charge in [-0.2, -0.15) is 4.98 Å². The molecule has 0 aliphatic rings. The largest absolute Gasteiger partial charge is 0.478 e. The number of carboxylic acid groups (broad SMARTS) is 1. The number of aromatic carboxylic acids is 1. The van der Waals surface area contributed by atoms with Gasteiger partial charge in [-0.3, -0.25) is 4.79 Å². The predicted molar refractivity (Wildman–Crippen MR) is 91.7 cm³/mol. The van der Waals surface area contributed by atoms with E-state index < -0.39 is 5.97 Å². The fourth-order valence-corrected chi connectivity index (χ4v) is 2.90. The van der Waals surface area contributed by atoms with Gasteiger partial charge in [-0.1, -0.05) is 28.7 Å². The number of alkyl halides is 1. The number of nitrogens with zero attached hydrogens (tertiary/aromatic N) is 1. The monoisotopic (exact) mass is 410 g/mol. The van der Waals surface area contributed by atoms with Crippen LogP contribution in [-0.4, -0.2) is 20.5 Å². The Kier molecular flexibility index (Phi) is 3.73. The van der Waals surface area contributed by atoms with Gasteiger partial charge >= 0.3 is 5.97 Å². The summed E-state index contributed by atoms with van der Waals surface area (Å²) in [7, 11) is 0. The van der Waals surface area contributed by atoms with Crippen molar-refractivity contribution in [2.45, 2.75) is 6.42 Å². The zero-order valence-electron chi connectivity index (χ0n) is 11.3. The van der Waals surface area contributed by atoms with E-state index in [0.717, 1.165) is 16.4 Å². The molecule has 3 aromatic rings. The van der Waals surface area contributed by atoms with Crippen LogP contribution in [0.2, 0.25) is 0 Å². The minimum absolute atomic E-state index is 0.0432. The molecule has 0 aliphatic heterocycles. The maximum atomic E-state index is 12.6. The van der Waals surface area contributed by atoms with Crippen molar-refractivity contribution < 1.29 is 14.3 Å². The standard InChI is InChI=1S/C15H11IN2O4/c16-4-3-7-1-2-11-8(5-7)12(19)9-6-10(15(20)21)13(17)18-14(9)22-11/h1-2,5-6H,3-4H2,(H2,17,18)(H,20,21). The third-order valence-electron chi connectivity index (χ3n) is 3.37. The number of benzene rings is 1. The lowest BCUT2D eigenvalue weighted by Gasteiger charge is -2.05. The molecular formula is C15H11IN2O4. The number of halogens is 1. The highest BCUT2D eigenvalue weighted by Crippen LogP contribution is 2.22. The third kappa shape index (κ3) is 2.41. The quantitative estimate of drug-likeness (QED) is 0.391. The number of hydrogen-bond donors (Lipinski definition) is 2. The molecule has 0 atom stereocenters. The highest BCUT2D eigenvalue weighted by Gasteiger charge is 2.16. The highest BCUT2D eigenvalue weighted by molar-refractivity contribution is 14.1. The van der Waals surface area contributed by atoms with Crippen LogP contribution in [0.5, 0.6) is 0 Å². The van der Waals surface area contributed by atoms with E-state index in [-0.39, 0.29) is 27.9 Å². The van der Waals surface area contributed by atoms with Gasteiger partial charge in [0.2, 0.25) is 11.1 Å². The summed E-state index contributed by atoms with van der Waals surface area (Å²) in [5.41, 5.74) is 6.55. The maximum Gasteiger partial charge on any atom is 0.339 e. The van der Waals surface area contributed by atoms with E-state index in [1.807, 2.05) is 6.07 Å². The van der Waals surface area contributed by atoms with E-state index in [1.54, 1.807) is 12.1 Å². The van der Waals surface area contributed by atoms with Crippen molar-refractivity contribution in [1.82, 2.24) is 4.98 Å². The van der Waals surface area contributed by atoms with Gasteiger partial charge in [-0.15, -0.1) is 0 Å². The topological polar surface area (TPSA) is 106 Å². The average molecular weight is 410 g/mol. The number of fused-ring (bicyclic) bond motifs is 2. The molecule has 0 radical (unpaired) electrons. The minimum atomic E-state index is -1.23. The zero-order valence-corrected chi connectivity index (χ0v) is 13.5. The van der Waals surface area contributed by atoms with Crippen LogP contribution >= 0.6 is 22.6 Å². The lowest BCUT2D eigenvalue weighted by molar-refractivity contribution is 0.0698. The molecule has 6 nitrogen and oxygen atoms in total. The summed E-state index contributed by atoms with van der Waals surface area (Å²) < 4.78 is 6.52. The van der Waals surface area contributed by atoms with Crippen LogP contribution in [0.25, 0.3) is 22.1 Å². The number of hydrogen-bond acceptors (Lipinski definition) is 5. The predicted octanol–water partition coefficient (Wildman–Crippen LogP) is 2.60. The molecule has 0 fully saturated rings. The Morgan fingerprint density at radius 2 is 2.09 bits per heavy atom. The molecule has 0 bridgehead atoms. The minimum Gasteiger partial charge on any atom is -0.478 e. The van der Waals surface area contributed by atoms with E-state index in [9.17, 15) is 9.59 Å². The van der Waals surface area contributed by atoms with Crippen LogP contribution in [0.15, 0.2) is 33.5 Å². The third-order valence-corrected chi connectivity index (χ3v) is 3.91. The second-order valence-corrected chi connectivity index (χ2v) is 5.86. The number of anilines is 1. The Labute approximate surface area is 138 Å². The van der Waals surface area contributed by atoms with Crippen molar-refractivity contribution in [3.05, 3.63) is 45.6 Å². The second-order valence-electron chi connectivity index (χ2n) is 4.78. The molecule has 3 N–H and O–H groups in total. The fraction of sp³-hybridized carbons (Fsp3) is 0.133. The molecule has 2 heterocycles. The van der Waals surface area contributed by atoms with E-state index >= 15 is 0 Å². The molecule has 0 saturated carbocycles. The number of carboxylic acids is 1. The van der Waals surface area contributed by atoms with Crippen LogP contribution in [0, 0.1) is 0 Å². The lowest BCUT2D eigenvalue weighted by Crippen LogP contribution is -2.09. The number of rotatable bonds is 3. The molecule has 7 heteroatoms. The SMILES string of the molecule is Nc1nc2oc3ccc(CCI)cc3c(=O)c2cc1C(=O)O. The Balaban J connectivity index is 2.37. The molecule has 3 rings (SSSR count). The Morgan fingerprint density at radius 3 is 2.77 bits per heavy atom. The smallest absolute Gasteiger partial charge is 0.339 e. The summed E-state index contributed by atoms with van der Waals surface area (Å²) in [6, 6.07) is 6.61. The Bertz CT molecular complexity index is 965. The molecule has 1 aromatic carbocycles. The Hall–Kier alpha value is -2.16. The van der Waals surface area contributed by atoms with Crippen LogP contribution < -0.4 is 11.2 Å². The number of pyridine rings is 1. The number of aryl methyl sites for hydroxylation is 1. The first kappa shape index (κ1) is 14.8. The van der Waals surface area contributed by atoms with Gasteiger partial charge < -0.3 is 15.3 Å². The van der Waals surface area contributed by atoms with Crippen LogP contribution in [0.4, 0.5) is 5.82 Å². The van der Waals surface area contributed by atoms with Gasteiger partial charge in [0.05, 0.1) is 10.8 Å². The molecule has 0 amide bonds. The lowest BCUT2D eigenvalue weighted by atomic mass is 10.1. The van der Waals surface area contributed by atoms with Gasteiger partial charge in [0.15, 0.2) is 0 Å². The van der Waals surface area contributed by atoms with Crippen molar-refractivity contribution >= 4 is 56.4 Å². The molecule has 2 aromatic heterocycles. The van der Waals surface area contributed by atoms with E-state index in [1.165, 1.54) is 6.07 Å². The number of nitrogens with two attached hydrogens (primary N) is 1. The maximum absolute atomic E-state index is 12.6. The van der Waals surface area contributed by atoms with Gasteiger partial charge in [0, 0.05) is 4.43 Å². The van der Waals surface area contributed by atoms with Gasteiger partial charge in [0.1, 0.15) is 17.0 Å². The summed E-state index contributed by atoms with van der Waals surface area (Å²) >= 11 is 2.26. The first-order valence-electron chi connectivity index (χ1n) is 6.46. The van der Waals surface area contributed by atoms with Crippen LogP contribution in [0.1, 0.15) is 15.9 Å². The van der Waals surface area contributed by atoms with Gasteiger partial charge in [0.25, 0.3) is 0 Å². The fourth-order valence-electron chi connectivity index (χ4n) is 2.28. The van der Waals surface area contributed by atoms with Crippen molar-refractivity contribution in [1.29, 1.82) is 0 Å². The van der Waals surface area contributed by atoms with Gasteiger partial charge in [-0.25, -0.2) is 4.79 Å². The van der Waals surface area contributed by atoms with Crippen molar-refractivity contribution in [2.24, 2.45) is 0 Å². The second kappa shape index (κ2) is 5.56. The van der Waals surface area contributed by atoms with Crippen LogP contribution in [-0.2, 0) is 6.42 Å². The summed E-state index contributed by atoms with van der Waals surface area (Å²) in [5.74, 6) is -1.41. The van der Waals surface area contributed by atoms with Crippen molar-refractivity contribution in [3.63, 3.8) is 0 Å². The Morgan fingerprint density at radius 1 is 1.32 bits per heavy atom. The number of carbonyl (C=O) groups is 1. The summed E-state index contributed by atoms with van der Waals surface area (Å²) in [5, 5.41) is 9.62. The van der Waals surface area contributed by atoms with Gasteiger partial charge in [-0.05, 0) is 30.2 Å². The average Bonchev–Trinajstić information content (AvgIpc) is 2.47. The molecule has 0 unspecified atom stereocenters. The number of aromatic nitrogens is 1. The van der Waals surface area contributed by atoms with Crippen molar-refractivity contribution in [3.8, 4) is 0 Å². The van der Waals surface area contributed by atoms with E-state index in [0.29, 0.717) is 11.0 Å². The normalized spacial score (nSPS) is 11.1. The number of nitrogen functional groups attached to an aromatic ring is 1. The van der Waals surface area contributed by atoms with E-state index in [4.69, 9.17) is 15.3 Å². The molecule has 0 saturated heterocycles. The molecule has 0 spiro atoms. The highest BCUT2D eigenvalue weighted by atomic mass is 127. The molecule has 0 aliphatic carbocycles. The first-order chi connectivity index (χ1) is 10.5. The van der Waals surface area contributed by atoms with Crippen molar-refractivity contribution in [2.75, 3.05) is 10.2 Å². The first-order valence-corrected chi connectivity index (χ1v) is 7.99. The molecule has 112 valence electrons. The molecular weight excluding hydrogens is 399 g/mol. The summed E-state index contributed by atoms with van der Waals surface area (Å²) in [6.45, 7) is 0. The summed E-state index contributed by atoms with van der Waals surface area (Å²) in [6.07, 6.45) is 0.842. The molecule has 22 heavy (non-hydrogen) atoms. The zero-order chi connectivity index (χ0) is 15.9. The van der Waals surface area contributed by atoms with E-state index in [2.05, 4.69) is 27.6 Å². The van der Waals surface area contributed by atoms with Crippen LogP contribution in [0.3, 0.4) is 0 Å².